The monoisotopic (exact) mass is 271 g/mol. The number of anilines is 1. The molecule has 0 bridgehead atoms. The number of aryl methyl sites for hydroxylation is 1. The quantitative estimate of drug-likeness (QED) is 0.886. The van der Waals surface area contributed by atoms with Crippen LogP contribution >= 0.6 is 15.9 Å². The second-order valence-corrected chi connectivity index (χ2v) is 4.57. The summed E-state index contributed by atoms with van der Waals surface area (Å²) in [7, 11) is 1.72. The molecule has 0 fully saturated rings. The van der Waals surface area contributed by atoms with Crippen molar-refractivity contribution in [3.63, 3.8) is 0 Å². The minimum absolute atomic E-state index is 0.335. The fraction of sp³-hybridized carbons (Fsp3) is 0.500. The lowest BCUT2D eigenvalue weighted by Gasteiger charge is -2.17. The molecular formula is C12H18BrNO. The fourth-order valence-corrected chi connectivity index (χ4v) is 1.96. The van der Waals surface area contributed by atoms with Crippen molar-refractivity contribution < 1.29 is 4.74 Å². The molecule has 0 aliphatic rings. The highest BCUT2D eigenvalue weighted by molar-refractivity contribution is 9.10. The van der Waals surface area contributed by atoms with Crippen molar-refractivity contribution in [2.75, 3.05) is 19.0 Å². The van der Waals surface area contributed by atoms with E-state index in [1.807, 2.05) is 0 Å². The summed E-state index contributed by atoms with van der Waals surface area (Å²) in [6, 6.07) is 6.65. The van der Waals surface area contributed by atoms with Crippen LogP contribution in [0.4, 0.5) is 5.69 Å². The maximum atomic E-state index is 5.10. The molecule has 0 radical (unpaired) electrons. The van der Waals surface area contributed by atoms with Crippen LogP contribution in [0, 0.1) is 0 Å². The highest BCUT2D eigenvalue weighted by atomic mass is 79.9. The molecule has 0 amide bonds. The van der Waals surface area contributed by atoms with Gasteiger partial charge in [0.25, 0.3) is 0 Å². The lowest BCUT2D eigenvalue weighted by molar-refractivity contribution is 0.190. The smallest absolute Gasteiger partial charge is 0.0661 e. The van der Waals surface area contributed by atoms with E-state index in [-0.39, 0.29) is 0 Å². The van der Waals surface area contributed by atoms with E-state index >= 15 is 0 Å². The van der Waals surface area contributed by atoms with Crippen molar-refractivity contribution in [3.8, 4) is 0 Å². The van der Waals surface area contributed by atoms with Gasteiger partial charge in [0.15, 0.2) is 0 Å². The molecule has 0 saturated carbocycles. The molecule has 84 valence electrons. The van der Waals surface area contributed by atoms with Crippen LogP contribution in [0.15, 0.2) is 22.7 Å². The summed E-state index contributed by atoms with van der Waals surface area (Å²) in [6.45, 7) is 5.00. The summed E-state index contributed by atoms with van der Waals surface area (Å²) in [6.07, 6.45) is 1.03. The zero-order chi connectivity index (χ0) is 11.3. The van der Waals surface area contributed by atoms with Crippen LogP contribution in [0.3, 0.4) is 0 Å². The van der Waals surface area contributed by atoms with E-state index in [2.05, 4.69) is 53.3 Å². The van der Waals surface area contributed by atoms with Gasteiger partial charge in [-0.25, -0.2) is 0 Å². The van der Waals surface area contributed by atoms with Crippen molar-refractivity contribution in [1.29, 1.82) is 0 Å². The molecule has 1 rings (SSSR count). The number of hydrogen-bond donors (Lipinski definition) is 1. The van der Waals surface area contributed by atoms with E-state index in [4.69, 9.17) is 4.74 Å². The third-order valence-electron chi connectivity index (χ3n) is 2.27. The Morgan fingerprint density at radius 1 is 1.47 bits per heavy atom. The first-order chi connectivity index (χ1) is 7.17. The van der Waals surface area contributed by atoms with Crippen LogP contribution in [0.25, 0.3) is 0 Å². The van der Waals surface area contributed by atoms with Crippen LogP contribution in [-0.4, -0.2) is 19.8 Å². The van der Waals surface area contributed by atoms with Crippen LogP contribution in [0.1, 0.15) is 19.4 Å². The van der Waals surface area contributed by atoms with E-state index in [1.165, 1.54) is 11.3 Å². The number of ether oxygens (including phenoxy) is 1. The Kier molecular flexibility index (Phi) is 5.12. The van der Waals surface area contributed by atoms with E-state index in [0.717, 1.165) is 17.5 Å². The van der Waals surface area contributed by atoms with Crippen LogP contribution in [-0.2, 0) is 11.2 Å². The third-order valence-corrected chi connectivity index (χ3v) is 2.76. The van der Waals surface area contributed by atoms with E-state index in [9.17, 15) is 0 Å². The Bertz CT molecular complexity index is 314. The molecule has 1 aromatic rings. The second kappa shape index (κ2) is 6.13. The normalized spacial score (nSPS) is 12.5. The molecule has 3 heteroatoms. The van der Waals surface area contributed by atoms with E-state index in [1.54, 1.807) is 7.11 Å². The number of methoxy groups -OCH3 is 1. The lowest BCUT2D eigenvalue weighted by atomic mass is 10.1. The molecule has 1 unspecified atom stereocenters. The summed E-state index contributed by atoms with van der Waals surface area (Å²) >= 11 is 3.48. The maximum Gasteiger partial charge on any atom is 0.0661 e. The topological polar surface area (TPSA) is 21.3 Å². The summed E-state index contributed by atoms with van der Waals surface area (Å²) in [5.41, 5.74) is 2.53. The zero-order valence-corrected chi connectivity index (χ0v) is 11.1. The largest absolute Gasteiger partial charge is 0.383 e. The van der Waals surface area contributed by atoms with Gasteiger partial charge in [-0.15, -0.1) is 0 Å². The molecule has 0 saturated heterocycles. The minimum Gasteiger partial charge on any atom is -0.383 e. The Hall–Kier alpha value is -0.540. The average Bonchev–Trinajstić information content (AvgIpc) is 2.21. The number of rotatable bonds is 5. The van der Waals surface area contributed by atoms with E-state index < -0.39 is 0 Å². The maximum absolute atomic E-state index is 5.10. The fourth-order valence-electron chi connectivity index (χ4n) is 1.55. The standard InChI is InChI=1S/C12H18BrNO/c1-4-10-7-11(13)5-6-12(10)14-9(2)8-15-3/h5-7,9,14H,4,8H2,1-3H3. The Morgan fingerprint density at radius 2 is 2.20 bits per heavy atom. The van der Waals surface area contributed by atoms with Crippen molar-refractivity contribution in [2.45, 2.75) is 26.3 Å². The van der Waals surface area contributed by atoms with Gasteiger partial charge in [-0.1, -0.05) is 22.9 Å². The first kappa shape index (κ1) is 12.5. The zero-order valence-electron chi connectivity index (χ0n) is 9.51. The molecule has 2 nitrogen and oxygen atoms in total. The molecule has 1 aromatic carbocycles. The van der Waals surface area contributed by atoms with Gasteiger partial charge < -0.3 is 10.1 Å². The molecule has 0 spiro atoms. The number of hydrogen-bond acceptors (Lipinski definition) is 2. The predicted octanol–water partition coefficient (Wildman–Crippen LogP) is 3.46. The lowest BCUT2D eigenvalue weighted by Crippen LogP contribution is -2.21. The molecule has 0 aliphatic carbocycles. The first-order valence-electron chi connectivity index (χ1n) is 5.21. The summed E-state index contributed by atoms with van der Waals surface area (Å²) in [5, 5.41) is 3.44. The van der Waals surface area contributed by atoms with Crippen molar-refractivity contribution in [2.24, 2.45) is 0 Å². The van der Waals surface area contributed by atoms with E-state index in [0.29, 0.717) is 6.04 Å². The molecule has 1 N–H and O–H groups in total. The van der Waals surface area contributed by atoms with Gasteiger partial charge in [0.05, 0.1) is 6.61 Å². The van der Waals surface area contributed by atoms with Crippen LogP contribution < -0.4 is 5.32 Å². The highest BCUT2D eigenvalue weighted by Crippen LogP contribution is 2.22. The van der Waals surface area contributed by atoms with Crippen molar-refractivity contribution in [3.05, 3.63) is 28.2 Å². The number of halogens is 1. The Labute approximate surface area is 100 Å². The molecule has 0 aromatic heterocycles. The molecular weight excluding hydrogens is 254 g/mol. The van der Waals surface area contributed by atoms with Crippen molar-refractivity contribution >= 4 is 21.6 Å². The number of nitrogens with one attached hydrogen (secondary N) is 1. The summed E-state index contributed by atoms with van der Waals surface area (Å²) in [5.74, 6) is 0. The van der Waals surface area contributed by atoms with Gasteiger partial charge >= 0.3 is 0 Å². The number of benzene rings is 1. The van der Waals surface area contributed by atoms with Crippen molar-refractivity contribution in [1.82, 2.24) is 0 Å². The summed E-state index contributed by atoms with van der Waals surface area (Å²) in [4.78, 5) is 0. The first-order valence-corrected chi connectivity index (χ1v) is 6.00. The third kappa shape index (κ3) is 3.84. The predicted molar refractivity (Wildman–Crippen MR) is 68.5 cm³/mol. The molecule has 0 heterocycles. The SMILES string of the molecule is CCc1cc(Br)ccc1NC(C)COC. The van der Waals surface area contributed by atoms with Crippen LogP contribution in [0.5, 0.6) is 0 Å². The molecule has 0 aliphatic heterocycles. The molecule has 15 heavy (non-hydrogen) atoms. The Balaban J connectivity index is 2.75. The van der Waals surface area contributed by atoms with Crippen LogP contribution in [0.2, 0.25) is 0 Å². The summed E-state index contributed by atoms with van der Waals surface area (Å²) < 4.78 is 6.23. The Morgan fingerprint density at radius 3 is 2.80 bits per heavy atom. The molecule has 1 atom stereocenters. The van der Waals surface area contributed by atoms with Gasteiger partial charge in [-0.2, -0.15) is 0 Å². The van der Waals surface area contributed by atoms with Gasteiger partial charge in [0.1, 0.15) is 0 Å². The van der Waals surface area contributed by atoms with Gasteiger partial charge in [0.2, 0.25) is 0 Å². The van der Waals surface area contributed by atoms with Gasteiger partial charge in [0, 0.05) is 23.3 Å². The minimum atomic E-state index is 0.335. The van der Waals surface area contributed by atoms with Gasteiger partial charge in [-0.05, 0) is 37.1 Å². The van der Waals surface area contributed by atoms with Gasteiger partial charge in [-0.3, -0.25) is 0 Å². The highest BCUT2D eigenvalue weighted by Gasteiger charge is 2.05. The second-order valence-electron chi connectivity index (χ2n) is 3.66. The average molecular weight is 272 g/mol.